The summed E-state index contributed by atoms with van der Waals surface area (Å²) in [5.41, 5.74) is 2.28. The molecule has 5 heteroatoms. The Morgan fingerprint density at radius 2 is 2.15 bits per heavy atom. The van der Waals surface area contributed by atoms with Gasteiger partial charge in [-0.05, 0) is 18.9 Å². The minimum Gasteiger partial charge on any atom is -0.472 e. The Morgan fingerprint density at radius 1 is 1.35 bits per heavy atom. The summed E-state index contributed by atoms with van der Waals surface area (Å²) in [5.74, 6) is 2.24. The maximum atomic E-state index is 5.12. The Morgan fingerprint density at radius 3 is 2.75 bits per heavy atom. The van der Waals surface area contributed by atoms with E-state index < -0.39 is 0 Å². The van der Waals surface area contributed by atoms with Gasteiger partial charge in [-0.1, -0.05) is 13.8 Å². The summed E-state index contributed by atoms with van der Waals surface area (Å²) in [6.07, 6.45) is 5.07. The van der Waals surface area contributed by atoms with Crippen LogP contribution in [-0.4, -0.2) is 23.6 Å². The molecule has 0 radical (unpaired) electrons. The number of furan rings is 1. The van der Waals surface area contributed by atoms with Crippen molar-refractivity contribution in [3.8, 4) is 0 Å². The van der Waals surface area contributed by atoms with Crippen molar-refractivity contribution in [3.05, 3.63) is 36.0 Å². The summed E-state index contributed by atoms with van der Waals surface area (Å²) in [6, 6.07) is 1.97. The van der Waals surface area contributed by atoms with E-state index in [1.54, 1.807) is 18.9 Å². The Bertz CT molecular complexity index is 537. The number of nitrogens with zero attached hydrogens (tertiary/aromatic N) is 3. The molecule has 5 nitrogen and oxygen atoms in total. The fraction of sp³-hybridized carbons (Fsp3) is 0.467. The van der Waals surface area contributed by atoms with Gasteiger partial charge in [-0.3, -0.25) is 0 Å². The molecule has 0 saturated carbocycles. The van der Waals surface area contributed by atoms with Crippen molar-refractivity contribution in [1.82, 2.24) is 9.97 Å². The van der Waals surface area contributed by atoms with Crippen LogP contribution in [0.1, 0.15) is 37.8 Å². The Hall–Kier alpha value is -2.04. The predicted octanol–water partition coefficient (Wildman–Crippen LogP) is 3.26. The standard InChI is InChI=1S/C15H22N4O/c1-5-16-14-13(11(2)3)15(18-10-17-14)19(4)8-12-6-7-20-9-12/h6-7,9-11H,5,8H2,1-4H3,(H,16,17,18). The first-order valence-electron chi connectivity index (χ1n) is 6.94. The van der Waals surface area contributed by atoms with Gasteiger partial charge in [-0.2, -0.15) is 0 Å². The average molecular weight is 274 g/mol. The van der Waals surface area contributed by atoms with Gasteiger partial charge < -0.3 is 14.6 Å². The second-order valence-electron chi connectivity index (χ2n) is 5.13. The van der Waals surface area contributed by atoms with Crippen LogP contribution in [0.25, 0.3) is 0 Å². The van der Waals surface area contributed by atoms with Crippen molar-refractivity contribution in [2.75, 3.05) is 23.8 Å². The average Bonchev–Trinajstić information content (AvgIpc) is 2.91. The second kappa shape index (κ2) is 6.41. The fourth-order valence-corrected chi connectivity index (χ4v) is 2.26. The first-order chi connectivity index (χ1) is 9.63. The number of hydrogen-bond donors (Lipinski definition) is 1. The molecule has 0 aliphatic heterocycles. The van der Waals surface area contributed by atoms with Crippen molar-refractivity contribution in [1.29, 1.82) is 0 Å². The molecule has 0 spiro atoms. The van der Waals surface area contributed by atoms with Crippen molar-refractivity contribution in [2.24, 2.45) is 0 Å². The zero-order valence-corrected chi connectivity index (χ0v) is 12.6. The molecule has 0 aliphatic rings. The lowest BCUT2D eigenvalue weighted by Gasteiger charge is -2.23. The van der Waals surface area contributed by atoms with Gasteiger partial charge in [-0.15, -0.1) is 0 Å². The highest BCUT2D eigenvalue weighted by atomic mass is 16.3. The third-order valence-electron chi connectivity index (χ3n) is 3.15. The smallest absolute Gasteiger partial charge is 0.137 e. The van der Waals surface area contributed by atoms with E-state index >= 15 is 0 Å². The number of rotatable bonds is 6. The molecule has 2 heterocycles. The molecule has 20 heavy (non-hydrogen) atoms. The molecule has 108 valence electrons. The normalized spacial score (nSPS) is 10.8. The molecule has 0 amide bonds. The molecule has 0 aliphatic carbocycles. The first-order valence-corrected chi connectivity index (χ1v) is 6.94. The quantitative estimate of drug-likeness (QED) is 0.876. The molecule has 2 rings (SSSR count). The lowest BCUT2D eigenvalue weighted by atomic mass is 10.0. The molecule has 2 aromatic heterocycles. The molecule has 0 atom stereocenters. The predicted molar refractivity (Wildman–Crippen MR) is 81.1 cm³/mol. The van der Waals surface area contributed by atoms with Gasteiger partial charge in [0.2, 0.25) is 0 Å². The zero-order valence-electron chi connectivity index (χ0n) is 12.6. The number of nitrogens with one attached hydrogen (secondary N) is 1. The van der Waals surface area contributed by atoms with E-state index in [1.807, 2.05) is 13.1 Å². The van der Waals surface area contributed by atoms with Gasteiger partial charge in [0.25, 0.3) is 0 Å². The monoisotopic (exact) mass is 274 g/mol. The summed E-state index contributed by atoms with van der Waals surface area (Å²) in [7, 11) is 2.04. The summed E-state index contributed by atoms with van der Waals surface area (Å²) in [4.78, 5) is 11.0. The Labute approximate surface area is 120 Å². The van der Waals surface area contributed by atoms with E-state index in [9.17, 15) is 0 Å². The van der Waals surface area contributed by atoms with Crippen LogP contribution in [0.4, 0.5) is 11.6 Å². The molecule has 0 saturated heterocycles. The minimum atomic E-state index is 0.354. The summed E-state index contributed by atoms with van der Waals surface area (Å²) >= 11 is 0. The van der Waals surface area contributed by atoms with Crippen LogP contribution in [0.2, 0.25) is 0 Å². The Balaban J connectivity index is 2.32. The SMILES string of the molecule is CCNc1ncnc(N(C)Cc2ccoc2)c1C(C)C. The highest BCUT2D eigenvalue weighted by Crippen LogP contribution is 2.30. The van der Waals surface area contributed by atoms with Gasteiger partial charge in [-0.25, -0.2) is 9.97 Å². The van der Waals surface area contributed by atoms with Crippen molar-refractivity contribution in [2.45, 2.75) is 33.2 Å². The van der Waals surface area contributed by atoms with Gasteiger partial charge in [0.1, 0.15) is 18.0 Å². The van der Waals surface area contributed by atoms with Crippen LogP contribution < -0.4 is 10.2 Å². The maximum Gasteiger partial charge on any atom is 0.137 e. The van der Waals surface area contributed by atoms with E-state index in [1.165, 1.54) is 0 Å². The highest BCUT2D eigenvalue weighted by Gasteiger charge is 2.17. The van der Waals surface area contributed by atoms with Gasteiger partial charge in [0.05, 0.1) is 12.5 Å². The second-order valence-corrected chi connectivity index (χ2v) is 5.13. The minimum absolute atomic E-state index is 0.354. The molecule has 0 bridgehead atoms. The Kier molecular flexibility index (Phi) is 4.61. The van der Waals surface area contributed by atoms with Crippen molar-refractivity contribution in [3.63, 3.8) is 0 Å². The number of hydrogen-bond acceptors (Lipinski definition) is 5. The number of anilines is 2. The summed E-state index contributed by atoms with van der Waals surface area (Å²) in [6.45, 7) is 8.00. The maximum absolute atomic E-state index is 5.12. The van der Waals surface area contributed by atoms with Crippen LogP contribution in [0.15, 0.2) is 29.3 Å². The van der Waals surface area contributed by atoms with Crippen LogP contribution >= 0.6 is 0 Å². The molecular weight excluding hydrogens is 252 g/mol. The molecular formula is C15H22N4O. The third kappa shape index (κ3) is 3.10. The highest BCUT2D eigenvalue weighted by molar-refractivity contribution is 5.60. The van der Waals surface area contributed by atoms with Crippen LogP contribution in [0, 0.1) is 0 Å². The largest absolute Gasteiger partial charge is 0.472 e. The third-order valence-corrected chi connectivity index (χ3v) is 3.15. The van der Waals surface area contributed by atoms with Gasteiger partial charge >= 0.3 is 0 Å². The molecule has 2 aromatic rings. The van der Waals surface area contributed by atoms with E-state index in [-0.39, 0.29) is 0 Å². The van der Waals surface area contributed by atoms with Crippen LogP contribution in [-0.2, 0) is 6.54 Å². The summed E-state index contributed by atoms with van der Waals surface area (Å²) in [5, 5.41) is 3.32. The molecule has 0 aromatic carbocycles. The topological polar surface area (TPSA) is 54.2 Å². The molecule has 1 N–H and O–H groups in total. The lowest BCUT2D eigenvalue weighted by Crippen LogP contribution is -2.21. The van der Waals surface area contributed by atoms with E-state index in [0.717, 1.165) is 35.9 Å². The van der Waals surface area contributed by atoms with Crippen molar-refractivity contribution < 1.29 is 4.42 Å². The molecule has 0 fully saturated rings. The van der Waals surface area contributed by atoms with E-state index in [2.05, 4.69) is 41.0 Å². The van der Waals surface area contributed by atoms with Crippen molar-refractivity contribution >= 4 is 11.6 Å². The molecule has 0 unspecified atom stereocenters. The first kappa shape index (κ1) is 14.4. The zero-order chi connectivity index (χ0) is 14.5. The van der Waals surface area contributed by atoms with Crippen LogP contribution in [0.5, 0.6) is 0 Å². The number of aromatic nitrogens is 2. The van der Waals surface area contributed by atoms with Gasteiger partial charge in [0.15, 0.2) is 0 Å². The fourth-order valence-electron chi connectivity index (χ4n) is 2.26. The van der Waals surface area contributed by atoms with Gasteiger partial charge in [0, 0.05) is 31.3 Å². The van der Waals surface area contributed by atoms with Crippen LogP contribution in [0.3, 0.4) is 0 Å². The van der Waals surface area contributed by atoms with E-state index in [0.29, 0.717) is 5.92 Å². The van der Waals surface area contributed by atoms with E-state index in [4.69, 9.17) is 4.42 Å². The summed E-state index contributed by atoms with van der Waals surface area (Å²) < 4.78 is 5.12. The lowest BCUT2D eigenvalue weighted by molar-refractivity contribution is 0.563.